The molecule has 2 aliphatic heterocycles. The summed E-state index contributed by atoms with van der Waals surface area (Å²) in [5, 5.41) is 17.8. The number of nitro benzene ring substituents is 1. The maximum atomic E-state index is 13.3. The molecule has 0 atom stereocenters. The molecule has 2 N–H and O–H groups in total. The van der Waals surface area contributed by atoms with Crippen LogP contribution < -0.4 is 10.6 Å². The van der Waals surface area contributed by atoms with E-state index in [0.29, 0.717) is 28.9 Å². The predicted molar refractivity (Wildman–Crippen MR) is 161 cm³/mol. The first-order chi connectivity index (χ1) is 20.4. The first-order valence-corrected chi connectivity index (χ1v) is 13.9. The van der Waals surface area contributed by atoms with Crippen LogP contribution in [0.2, 0.25) is 0 Å². The molecule has 3 aromatic carbocycles. The van der Waals surface area contributed by atoms with Crippen LogP contribution in [0.1, 0.15) is 36.0 Å². The minimum atomic E-state index is -0.464. The van der Waals surface area contributed by atoms with Gasteiger partial charge in [0.15, 0.2) is 0 Å². The Morgan fingerprint density at radius 3 is 2.52 bits per heavy atom. The van der Waals surface area contributed by atoms with Crippen molar-refractivity contribution in [3.63, 3.8) is 0 Å². The number of nitro groups is 1. The van der Waals surface area contributed by atoms with Crippen molar-refractivity contribution >= 4 is 40.1 Å². The van der Waals surface area contributed by atoms with Gasteiger partial charge in [-0.3, -0.25) is 19.7 Å². The molecule has 0 unspecified atom stereocenters. The van der Waals surface area contributed by atoms with Crippen molar-refractivity contribution in [1.82, 2.24) is 14.5 Å². The van der Waals surface area contributed by atoms with Crippen LogP contribution >= 0.6 is 0 Å². The normalized spacial score (nSPS) is 15.5. The Labute approximate surface area is 242 Å². The number of nitrogens with one attached hydrogen (secondary N) is 2. The SMILES string of the molecule is Cn1ccnc1-c1ccc(NC(=C2C(=O)Nc3ccc([N+](=O)[O-])cc32)c2ccc(CCCN3CCCC3=O)cc2)cc1. The van der Waals surface area contributed by atoms with Crippen molar-refractivity contribution in [2.45, 2.75) is 25.7 Å². The zero-order valence-electron chi connectivity index (χ0n) is 23.2. The summed E-state index contributed by atoms with van der Waals surface area (Å²) >= 11 is 0. The smallest absolute Gasteiger partial charge is 0.270 e. The van der Waals surface area contributed by atoms with E-state index in [0.717, 1.165) is 60.6 Å². The number of aromatic nitrogens is 2. The molecule has 3 heterocycles. The fourth-order valence-electron chi connectivity index (χ4n) is 5.54. The number of hydrogen-bond donors (Lipinski definition) is 2. The lowest BCUT2D eigenvalue weighted by atomic mass is 9.98. The molecule has 2 amide bonds. The van der Waals surface area contributed by atoms with Gasteiger partial charge in [-0.25, -0.2) is 4.98 Å². The second kappa shape index (κ2) is 11.3. The highest BCUT2D eigenvalue weighted by Crippen LogP contribution is 2.39. The number of anilines is 2. The lowest BCUT2D eigenvalue weighted by Gasteiger charge is -2.16. The van der Waals surface area contributed by atoms with Crippen LogP contribution in [0.15, 0.2) is 79.1 Å². The van der Waals surface area contributed by atoms with Crippen molar-refractivity contribution in [2.24, 2.45) is 7.05 Å². The Kier molecular flexibility index (Phi) is 7.26. The first-order valence-electron chi connectivity index (χ1n) is 13.9. The molecular weight excluding hydrogens is 532 g/mol. The number of imidazole rings is 1. The monoisotopic (exact) mass is 562 g/mol. The minimum absolute atomic E-state index is 0.0895. The van der Waals surface area contributed by atoms with Gasteiger partial charge >= 0.3 is 0 Å². The van der Waals surface area contributed by atoms with Gasteiger partial charge in [0.25, 0.3) is 11.6 Å². The molecule has 10 nitrogen and oxygen atoms in total. The number of aryl methyl sites for hydroxylation is 2. The zero-order valence-corrected chi connectivity index (χ0v) is 23.2. The number of non-ortho nitro benzene ring substituents is 1. The van der Waals surface area contributed by atoms with Crippen LogP contribution in [0.4, 0.5) is 17.1 Å². The Morgan fingerprint density at radius 1 is 1.07 bits per heavy atom. The fraction of sp³-hybridized carbons (Fsp3) is 0.219. The highest BCUT2D eigenvalue weighted by molar-refractivity contribution is 6.37. The third-order valence-electron chi connectivity index (χ3n) is 7.75. The van der Waals surface area contributed by atoms with Gasteiger partial charge in [0.2, 0.25) is 5.91 Å². The van der Waals surface area contributed by atoms with Crippen molar-refractivity contribution in [3.05, 3.63) is 106 Å². The number of fused-ring (bicyclic) bond motifs is 1. The second-order valence-corrected chi connectivity index (χ2v) is 10.5. The van der Waals surface area contributed by atoms with Crippen molar-refractivity contribution in [3.8, 4) is 11.4 Å². The summed E-state index contributed by atoms with van der Waals surface area (Å²) in [5.41, 5.74) is 5.38. The summed E-state index contributed by atoms with van der Waals surface area (Å²) in [4.78, 5) is 42.6. The highest BCUT2D eigenvalue weighted by atomic mass is 16.6. The molecule has 4 aromatic rings. The number of nitrogens with zero attached hydrogens (tertiary/aromatic N) is 4. The van der Waals surface area contributed by atoms with Crippen LogP contribution in [0, 0.1) is 10.1 Å². The average molecular weight is 563 g/mol. The molecule has 10 heteroatoms. The third kappa shape index (κ3) is 5.38. The summed E-state index contributed by atoms with van der Waals surface area (Å²) in [5.74, 6) is 0.731. The number of benzene rings is 3. The largest absolute Gasteiger partial charge is 0.354 e. The summed E-state index contributed by atoms with van der Waals surface area (Å²) in [7, 11) is 1.93. The van der Waals surface area contributed by atoms with Crippen molar-refractivity contribution < 1.29 is 14.5 Å². The molecule has 1 saturated heterocycles. The van der Waals surface area contributed by atoms with Crippen molar-refractivity contribution in [2.75, 3.05) is 23.7 Å². The topological polar surface area (TPSA) is 122 Å². The third-order valence-corrected chi connectivity index (χ3v) is 7.75. The summed E-state index contributed by atoms with van der Waals surface area (Å²) in [6.07, 6.45) is 6.91. The standard InChI is InChI=1S/C32H30N6O4/c1-36-19-16-33-31(36)23-10-12-24(13-11-23)34-30(29-26-20-25(38(41)42)14-15-27(26)35-32(29)40)22-8-6-21(7-9-22)4-2-17-37-18-3-5-28(37)39/h6-16,19-20,34H,2-5,17-18H2,1H3,(H,35,40). The number of hydrogen-bond acceptors (Lipinski definition) is 6. The van der Waals surface area contributed by atoms with Crippen LogP contribution in [0.25, 0.3) is 22.7 Å². The molecule has 6 rings (SSSR count). The van der Waals surface area contributed by atoms with Gasteiger partial charge in [-0.15, -0.1) is 0 Å². The van der Waals surface area contributed by atoms with E-state index in [9.17, 15) is 19.7 Å². The van der Waals surface area contributed by atoms with E-state index in [-0.39, 0.29) is 17.5 Å². The minimum Gasteiger partial charge on any atom is -0.354 e. The molecule has 212 valence electrons. The Balaban J connectivity index is 1.32. The number of carbonyl (C=O) groups is 2. The molecule has 1 aromatic heterocycles. The number of likely N-dealkylation sites (tertiary alicyclic amines) is 1. The average Bonchev–Trinajstić information content (AvgIpc) is 3.70. The Bertz CT molecular complexity index is 1710. The highest BCUT2D eigenvalue weighted by Gasteiger charge is 2.30. The Hall–Kier alpha value is -5.25. The molecule has 0 bridgehead atoms. The number of rotatable bonds is 9. The van der Waals surface area contributed by atoms with Gasteiger partial charge in [-0.05, 0) is 60.7 Å². The van der Waals surface area contributed by atoms with Gasteiger partial charge in [0.1, 0.15) is 5.82 Å². The summed E-state index contributed by atoms with van der Waals surface area (Å²) in [6.45, 7) is 1.59. The van der Waals surface area contributed by atoms with E-state index >= 15 is 0 Å². The van der Waals surface area contributed by atoms with E-state index in [1.54, 1.807) is 12.3 Å². The van der Waals surface area contributed by atoms with Crippen LogP contribution in [0.3, 0.4) is 0 Å². The molecule has 2 aliphatic rings. The molecule has 0 radical (unpaired) electrons. The Morgan fingerprint density at radius 2 is 1.86 bits per heavy atom. The maximum absolute atomic E-state index is 13.3. The number of amides is 2. The molecule has 0 aliphatic carbocycles. The zero-order chi connectivity index (χ0) is 29.2. The van der Waals surface area contributed by atoms with E-state index in [2.05, 4.69) is 15.6 Å². The van der Waals surface area contributed by atoms with Gasteiger partial charge < -0.3 is 20.1 Å². The molecule has 1 fully saturated rings. The van der Waals surface area contributed by atoms with Crippen molar-refractivity contribution in [1.29, 1.82) is 0 Å². The van der Waals surface area contributed by atoms with E-state index < -0.39 is 4.92 Å². The second-order valence-electron chi connectivity index (χ2n) is 10.5. The molecule has 0 spiro atoms. The number of carbonyl (C=O) groups excluding carboxylic acids is 2. The van der Waals surface area contributed by atoms with Crippen LogP contribution in [0.5, 0.6) is 0 Å². The van der Waals surface area contributed by atoms with Crippen LogP contribution in [-0.4, -0.2) is 44.3 Å². The predicted octanol–water partition coefficient (Wildman–Crippen LogP) is 5.48. The van der Waals surface area contributed by atoms with E-state index in [1.165, 1.54) is 12.1 Å². The molecular formula is C32H30N6O4. The van der Waals surface area contributed by atoms with Crippen LogP contribution in [-0.2, 0) is 23.1 Å². The lowest BCUT2D eigenvalue weighted by Crippen LogP contribution is -2.25. The van der Waals surface area contributed by atoms with Gasteiger partial charge in [-0.2, -0.15) is 0 Å². The fourth-order valence-corrected chi connectivity index (χ4v) is 5.54. The van der Waals surface area contributed by atoms with E-state index in [1.807, 2.05) is 71.2 Å². The van der Waals surface area contributed by atoms with Gasteiger partial charge in [-0.1, -0.05) is 24.3 Å². The maximum Gasteiger partial charge on any atom is 0.270 e. The first kappa shape index (κ1) is 26.9. The molecule has 42 heavy (non-hydrogen) atoms. The summed E-state index contributed by atoms with van der Waals surface area (Å²) in [6, 6.07) is 20.1. The molecule has 0 saturated carbocycles. The van der Waals surface area contributed by atoms with Gasteiger partial charge in [0, 0.05) is 73.6 Å². The van der Waals surface area contributed by atoms with Gasteiger partial charge in [0.05, 0.1) is 16.2 Å². The van der Waals surface area contributed by atoms with E-state index in [4.69, 9.17) is 0 Å². The summed E-state index contributed by atoms with van der Waals surface area (Å²) < 4.78 is 1.94. The lowest BCUT2D eigenvalue weighted by molar-refractivity contribution is -0.384. The quantitative estimate of drug-likeness (QED) is 0.158.